The Labute approximate surface area is 144 Å². The quantitative estimate of drug-likeness (QED) is 0.580. The topological polar surface area (TPSA) is 64.6 Å². The molecule has 6 heteroatoms. The summed E-state index contributed by atoms with van der Waals surface area (Å²) in [6.45, 7) is 8.10. The van der Waals surface area contributed by atoms with Gasteiger partial charge in [-0.25, -0.2) is 4.52 Å². The monoisotopic (exact) mass is 350 g/mol. The van der Waals surface area contributed by atoms with Crippen LogP contribution in [-0.2, 0) is 14.1 Å². The van der Waals surface area contributed by atoms with Crippen molar-refractivity contribution >= 4 is 24.9 Å². The number of fused-ring (bicyclic) bond motifs is 1. The molecule has 0 aromatic heterocycles. The van der Waals surface area contributed by atoms with Crippen LogP contribution < -0.4 is 9.61 Å². The van der Waals surface area contributed by atoms with Crippen molar-refractivity contribution in [3.05, 3.63) is 42.5 Å². The van der Waals surface area contributed by atoms with Gasteiger partial charge in [-0.3, -0.25) is 4.79 Å². The molecule has 0 fully saturated rings. The molecule has 1 atom stereocenters. The first kappa shape index (κ1) is 20.1. The summed E-state index contributed by atoms with van der Waals surface area (Å²) in [5, 5.41) is 4.40. The van der Waals surface area contributed by atoms with Crippen molar-refractivity contribution in [3.63, 3.8) is 0 Å². The molecule has 0 amide bonds. The minimum Gasteiger partial charge on any atom is -0.464 e. The van der Waals surface area contributed by atoms with Gasteiger partial charge in [-0.2, -0.15) is 0 Å². The zero-order valence-electron chi connectivity index (χ0n) is 14.6. The highest BCUT2D eigenvalue weighted by Gasteiger charge is 2.22. The van der Waals surface area contributed by atoms with Crippen molar-refractivity contribution in [1.29, 1.82) is 0 Å². The number of carbonyl (C=O) groups excluding carboxylic acids is 1. The Morgan fingerprint density at radius 3 is 2.50 bits per heavy atom. The highest BCUT2D eigenvalue weighted by atomic mass is 31.1. The second-order valence-electron chi connectivity index (χ2n) is 5.24. The summed E-state index contributed by atoms with van der Waals surface area (Å²) in [5.74, 6) is 0.338. The van der Waals surface area contributed by atoms with Gasteiger partial charge in [-0.05, 0) is 17.4 Å². The van der Waals surface area contributed by atoms with Crippen LogP contribution in [0.1, 0.15) is 27.7 Å². The van der Waals surface area contributed by atoms with Gasteiger partial charge in [0, 0.05) is 9.95 Å². The van der Waals surface area contributed by atoms with Gasteiger partial charge in [0.05, 0.1) is 6.61 Å². The third-order valence-corrected chi connectivity index (χ3v) is 3.64. The maximum atomic E-state index is 11.9. The van der Waals surface area contributed by atoms with E-state index in [2.05, 4.69) is 5.09 Å². The molecule has 0 bridgehead atoms. The molecule has 2 rings (SSSR count). The Morgan fingerprint density at radius 2 is 1.79 bits per heavy atom. The first-order valence-electron chi connectivity index (χ1n) is 8.08. The fraction of sp³-hybridized carbons (Fsp3) is 0.389. The van der Waals surface area contributed by atoms with Crippen LogP contribution in [0.25, 0.3) is 10.8 Å². The lowest BCUT2D eigenvalue weighted by molar-refractivity contribution is -0.143. The van der Waals surface area contributed by atoms with E-state index in [1.807, 2.05) is 64.1 Å². The summed E-state index contributed by atoms with van der Waals surface area (Å²) in [4.78, 5) is 11.4. The van der Waals surface area contributed by atoms with Crippen LogP contribution >= 0.6 is 8.18 Å². The molecule has 0 heterocycles. The molecule has 0 saturated carbocycles. The molecular formula is C18H25NO4P+. The molecule has 130 valence electrons. The third kappa shape index (κ3) is 6.65. The number of benzene rings is 2. The molecule has 2 aromatic carbocycles. The molecule has 0 radical (unpaired) electrons. The number of rotatable bonds is 7. The lowest BCUT2D eigenvalue weighted by Gasteiger charge is -2.05. The highest BCUT2D eigenvalue weighted by molar-refractivity contribution is 7.37. The summed E-state index contributed by atoms with van der Waals surface area (Å²) in [6, 6.07) is 13.2. The van der Waals surface area contributed by atoms with Gasteiger partial charge in [0.1, 0.15) is 6.54 Å². The van der Waals surface area contributed by atoms with Gasteiger partial charge >= 0.3 is 14.1 Å². The second-order valence-corrected chi connectivity index (χ2v) is 6.25. The molecular weight excluding hydrogens is 325 g/mol. The van der Waals surface area contributed by atoms with Crippen molar-refractivity contribution < 1.29 is 18.6 Å². The third-order valence-electron chi connectivity index (χ3n) is 2.86. The van der Waals surface area contributed by atoms with Gasteiger partial charge < -0.3 is 4.74 Å². The summed E-state index contributed by atoms with van der Waals surface area (Å²) >= 11 is 0. The Kier molecular flexibility index (Phi) is 8.98. The van der Waals surface area contributed by atoms with E-state index in [-0.39, 0.29) is 12.5 Å². The Bertz CT molecular complexity index is 668. The minimum absolute atomic E-state index is 0.146. The maximum Gasteiger partial charge on any atom is 0.664 e. The first-order chi connectivity index (χ1) is 11.6. The molecule has 5 nitrogen and oxygen atoms in total. The second kappa shape index (κ2) is 10.7. The maximum absolute atomic E-state index is 11.9. The zero-order chi connectivity index (χ0) is 17.9. The summed E-state index contributed by atoms with van der Waals surface area (Å²) < 4.78 is 22.3. The van der Waals surface area contributed by atoms with Crippen LogP contribution in [0.15, 0.2) is 42.5 Å². The van der Waals surface area contributed by atoms with Crippen LogP contribution in [0.3, 0.4) is 0 Å². The molecule has 1 N–H and O–H groups in total. The van der Waals surface area contributed by atoms with E-state index in [1.165, 1.54) is 0 Å². The van der Waals surface area contributed by atoms with Gasteiger partial charge in [-0.15, -0.1) is 0 Å². The van der Waals surface area contributed by atoms with E-state index in [9.17, 15) is 9.36 Å². The van der Waals surface area contributed by atoms with Gasteiger partial charge in [0.25, 0.3) is 0 Å². The number of carbonyl (C=O) groups is 1. The number of ether oxygens (including phenoxy) is 1. The summed E-state index contributed by atoms with van der Waals surface area (Å²) in [5.41, 5.74) is 0. The molecule has 2 aromatic rings. The fourth-order valence-electron chi connectivity index (χ4n) is 1.84. The largest absolute Gasteiger partial charge is 0.664 e. The van der Waals surface area contributed by atoms with Crippen LogP contribution in [0, 0.1) is 5.92 Å². The number of esters is 1. The fourth-order valence-corrected chi connectivity index (χ4v) is 2.50. The van der Waals surface area contributed by atoms with E-state index in [4.69, 9.17) is 9.26 Å². The Morgan fingerprint density at radius 1 is 1.12 bits per heavy atom. The SMILES string of the molecule is CC.CC(C)COC(=O)CN[P+](=O)Oc1cccc2ccccc12. The molecule has 0 saturated heterocycles. The molecule has 24 heavy (non-hydrogen) atoms. The molecule has 0 aliphatic rings. The lowest BCUT2D eigenvalue weighted by Crippen LogP contribution is -2.22. The summed E-state index contributed by atoms with van der Waals surface area (Å²) in [6.07, 6.45) is 0. The molecule has 0 spiro atoms. The normalized spacial score (nSPS) is 10.8. The van der Waals surface area contributed by atoms with Gasteiger partial charge in [0.2, 0.25) is 0 Å². The average molecular weight is 350 g/mol. The standard InChI is InChI=1S/C16H19NO4P.C2H6/c1-12(2)11-20-16(18)10-17-22(19)21-15-9-5-7-13-6-3-4-8-14(13)15;1-2/h3-9,12H,10-11H2,1-2H3,(H,17,19);1-2H3/q+1;. The molecule has 0 aliphatic carbocycles. The first-order valence-corrected chi connectivity index (χ1v) is 9.26. The van der Waals surface area contributed by atoms with Crippen molar-refractivity contribution in [2.45, 2.75) is 27.7 Å². The van der Waals surface area contributed by atoms with E-state index >= 15 is 0 Å². The van der Waals surface area contributed by atoms with E-state index in [1.54, 1.807) is 6.07 Å². The van der Waals surface area contributed by atoms with Crippen LogP contribution in [0.4, 0.5) is 0 Å². The average Bonchev–Trinajstić information content (AvgIpc) is 2.60. The molecule has 1 unspecified atom stereocenters. The van der Waals surface area contributed by atoms with E-state index in [0.29, 0.717) is 12.4 Å². The van der Waals surface area contributed by atoms with Gasteiger partial charge in [0.15, 0.2) is 5.75 Å². The Hall–Kier alpha value is -1.97. The summed E-state index contributed by atoms with van der Waals surface area (Å²) in [7, 11) is -2.19. The van der Waals surface area contributed by atoms with Gasteiger partial charge in [-0.1, -0.05) is 69.2 Å². The smallest absolute Gasteiger partial charge is 0.464 e. The lowest BCUT2D eigenvalue weighted by atomic mass is 10.1. The van der Waals surface area contributed by atoms with Crippen LogP contribution in [0.5, 0.6) is 5.75 Å². The predicted octanol–water partition coefficient (Wildman–Crippen LogP) is 4.69. The zero-order valence-corrected chi connectivity index (χ0v) is 15.5. The number of hydrogen-bond acceptors (Lipinski definition) is 4. The number of nitrogens with one attached hydrogen (secondary N) is 1. The van der Waals surface area contributed by atoms with Crippen molar-refractivity contribution in [1.82, 2.24) is 5.09 Å². The van der Waals surface area contributed by atoms with Crippen LogP contribution in [-0.4, -0.2) is 19.1 Å². The van der Waals surface area contributed by atoms with Crippen molar-refractivity contribution in [3.8, 4) is 5.75 Å². The predicted molar refractivity (Wildman–Crippen MR) is 97.3 cm³/mol. The Balaban J connectivity index is 0.00000139. The highest BCUT2D eigenvalue weighted by Crippen LogP contribution is 2.30. The molecule has 0 aliphatic heterocycles. The number of hydrogen-bond donors (Lipinski definition) is 1. The van der Waals surface area contributed by atoms with E-state index < -0.39 is 14.1 Å². The minimum atomic E-state index is -2.19. The van der Waals surface area contributed by atoms with Crippen molar-refractivity contribution in [2.24, 2.45) is 5.92 Å². The van der Waals surface area contributed by atoms with Crippen LogP contribution in [0.2, 0.25) is 0 Å². The van der Waals surface area contributed by atoms with E-state index in [0.717, 1.165) is 10.8 Å². The van der Waals surface area contributed by atoms with Crippen molar-refractivity contribution in [2.75, 3.05) is 13.2 Å².